The van der Waals surface area contributed by atoms with Crippen molar-refractivity contribution in [3.8, 4) is 16.4 Å². The van der Waals surface area contributed by atoms with Gasteiger partial charge in [0.1, 0.15) is 10.8 Å². The van der Waals surface area contributed by atoms with E-state index in [0.717, 1.165) is 50.0 Å². The van der Waals surface area contributed by atoms with E-state index in [0.29, 0.717) is 0 Å². The second-order valence-corrected chi connectivity index (χ2v) is 10.5. The van der Waals surface area contributed by atoms with Crippen molar-refractivity contribution in [2.24, 2.45) is 0 Å². The van der Waals surface area contributed by atoms with Crippen molar-refractivity contribution < 1.29 is 0 Å². The van der Waals surface area contributed by atoms with Crippen LogP contribution in [0.5, 0.6) is 0 Å². The van der Waals surface area contributed by atoms with Crippen LogP contribution in [-0.4, -0.2) is 14.5 Å². The van der Waals surface area contributed by atoms with Crippen LogP contribution in [0, 0.1) is 0 Å². The first-order chi connectivity index (χ1) is 19.3. The summed E-state index contributed by atoms with van der Waals surface area (Å²) < 4.78 is 2.27. The van der Waals surface area contributed by atoms with Gasteiger partial charge in [0.25, 0.3) is 0 Å². The Morgan fingerprint density at radius 1 is 0.590 bits per heavy atom. The molecule has 7 aromatic rings. The monoisotopic (exact) mass is 518 g/mol. The van der Waals surface area contributed by atoms with Gasteiger partial charge in [-0.1, -0.05) is 72.8 Å². The molecule has 0 unspecified atom stereocenters. The Hall–Kier alpha value is -5.00. The number of hydrogen-bond acceptors (Lipinski definition) is 4. The molecule has 1 aliphatic heterocycles. The fourth-order valence-corrected chi connectivity index (χ4v) is 6.26. The second-order valence-electron chi connectivity index (χ2n) is 9.58. The number of benzene rings is 4. The van der Waals surface area contributed by atoms with E-state index in [2.05, 4.69) is 118 Å². The van der Waals surface area contributed by atoms with Gasteiger partial charge in [0.05, 0.1) is 22.4 Å². The zero-order chi connectivity index (χ0) is 25.8. The largest absolute Gasteiger partial charge is 0.309 e. The maximum absolute atomic E-state index is 4.72. The van der Waals surface area contributed by atoms with Crippen LogP contribution in [0.25, 0.3) is 50.3 Å². The van der Waals surface area contributed by atoms with Gasteiger partial charge in [0.2, 0.25) is 0 Å². The molecule has 8 rings (SSSR count). The first-order valence-corrected chi connectivity index (χ1v) is 13.8. The molecule has 184 valence electrons. The maximum atomic E-state index is 4.72. The summed E-state index contributed by atoms with van der Waals surface area (Å²) in [5, 5.41) is 5.47. The van der Waals surface area contributed by atoms with E-state index in [1.807, 2.05) is 29.9 Å². The Balaban J connectivity index is 1.42. The Morgan fingerprint density at radius 3 is 2.28 bits per heavy atom. The van der Waals surface area contributed by atoms with Crippen molar-refractivity contribution >= 4 is 62.4 Å². The number of aromatic nitrogens is 3. The van der Waals surface area contributed by atoms with Gasteiger partial charge in [0.15, 0.2) is 0 Å². The van der Waals surface area contributed by atoms with Gasteiger partial charge in [-0.05, 0) is 53.6 Å². The molecular formula is C34H22N4S. The van der Waals surface area contributed by atoms with Crippen molar-refractivity contribution in [2.75, 3.05) is 4.90 Å². The zero-order valence-electron chi connectivity index (χ0n) is 20.9. The third kappa shape index (κ3) is 3.51. The number of anilines is 3. The van der Waals surface area contributed by atoms with E-state index in [9.17, 15) is 0 Å². The number of rotatable bonds is 3. The van der Waals surface area contributed by atoms with Gasteiger partial charge in [-0.15, -0.1) is 11.3 Å². The molecule has 0 N–H and O–H groups in total. The summed E-state index contributed by atoms with van der Waals surface area (Å²) in [7, 11) is 0. The van der Waals surface area contributed by atoms with E-state index in [-0.39, 0.29) is 0 Å². The Kier molecular flexibility index (Phi) is 4.96. The number of fused-ring (bicyclic) bond motifs is 5. The number of hydrogen-bond donors (Lipinski definition) is 0. The topological polar surface area (TPSA) is 34.0 Å². The van der Waals surface area contributed by atoms with Gasteiger partial charge >= 0.3 is 0 Å². The van der Waals surface area contributed by atoms with Gasteiger partial charge < -0.3 is 4.90 Å². The van der Waals surface area contributed by atoms with Crippen LogP contribution >= 0.6 is 11.3 Å². The summed E-state index contributed by atoms with van der Waals surface area (Å²) in [5.74, 6) is 0.908. The Morgan fingerprint density at radius 2 is 1.41 bits per heavy atom. The highest BCUT2D eigenvalue weighted by Gasteiger charge is 2.22. The molecule has 0 saturated carbocycles. The summed E-state index contributed by atoms with van der Waals surface area (Å²) in [6.07, 6.45) is 8.14. The van der Waals surface area contributed by atoms with Crippen molar-refractivity contribution in [1.82, 2.24) is 14.5 Å². The molecule has 0 bridgehead atoms. The normalized spacial score (nSPS) is 12.5. The quantitative estimate of drug-likeness (QED) is 0.234. The molecule has 5 heteroatoms. The molecule has 4 aromatic carbocycles. The smallest absolute Gasteiger partial charge is 0.137 e. The molecule has 0 aliphatic carbocycles. The number of para-hydroxylation sites is 2. The van der Waals surface area contributed by atoms with E-state index in [1.54, 1.807) is 11.3 Å². The molecule has 39 heavy (non-hydrogen) atoms. The van der Waals surface area contributed by atoms with E-state index >= 15 is 0 Å². The molecule has 0 spiro atoms. The third-order valence-electron chi connectivity index (χ3n) is 7.36. The molecule has 1 aliphatic rings. The lowest BCUT2D eigenvalue weighted by Gasteiger charge is -2.28. The maximum Gasteiger partial charge on any atom is 0.137 e. The fourth-order valence-electron chi connectivity index (χ4n) is 5.63. The average molecular weight is 519 g/mol. The summed E-state index contributed by atoms with van der Waals surface area (Å²) in [5.41, 5.74) is 9.09. The molecular weight excluding hydrogens is 496 g/mol. The first-order valence-electron chi connectivity index (χ1n) is 12.9. The Bertz CT molecular complexity index is 2020. The summed E-state index contributed by atoms with van der Waals surface area (Å²) in [6, 6.07) is 36.6. The minimum Gasteiger partial charge on any atom is -0.309 e. The van der Waals surface area contributed by atoms with Crippen molar-refractivity contribution in [1.29, 1.82) is 0 Å². The molecule has 0 fully saturated rings. The molecule has 0 amide bonds. The highest BCUT2D eigenvalue weighted by Crippen LogP contribution is 2.45. The van der Waals surface area contributed by atoms with E-state index in [4.69, 9.17) is 4.98 Å². The van der Waals surface area contributed by atoms with Crippen LogP contribution in [-0.2, 0) is 0 Å². The van der Waals surface area contributed by atoms with Crippen LogP contribution in [0.3, 0.4) is 0 Å². The lowest BCUT2D eigenvalue weighted by atomic mass is 10.1. The van der Waals surface area contributed by atoms with Crippen molar-refractivity contribution in [3.63, 3.8) is 0 Å². The average Bonchev–Trinajstić information content (AvgIpc) is 3.60. The molecule has 0 saturated heterocycles. The lowest BCUT2D eigenvalue weighted by Crippen LogP contribution is -2.12. The Labute approximate surface area is 229 Å². The standard InChI is InChI=1S/C34H22N4S/c1-3-9-29-23(7-1)12-13-24-14-15-25(34-36-19-20-39-34)21-31(24)37(29)26-16-17-28-27-8-2-4-10-30(27)38(32(28)22-26)33-11-5-6-18-35-33/h1-22H. The molecule has 4 nitrogen and oxygen atoms in total. The van der Waals surface area contributed by atoms with Crippen LogP contribution < -0.4 is 4.90 Å². The van der Waals surface area contributed by atoms with Crippen molar-refractivity contribution in [3.05, 3.63) is 132 Å². The summed E-state index contributed by atoms with van der Waals surface area (Å²) >= 11 is 1.66. The van der Waals surface area contributed by atoms with Crippen LogP contribution in [0.2, 0.25) is 0 Å². The predicted molar refractivity (Wildman–Crippen MR) is 163 cm³/mol. The fraction of sp³-hybridized carbons (Fsp3) is 0. The van der Waals surface area contributed by atoms with Gasteiger partial charge in [-0.3, -0.25) is 4.57 Å². The van der Waals surface area contributed by atoms with Crippen LogP contribution in [0.1, 0.15) is 11.1 Å². The second kappa shape index (κ2) is 8.79. The number of nitrogens with zero attached hydrogens (tertiary/aromatic N) is 4. The highest BCUT2D eigenvalue weighted by molar-refractivity contribution is 7.13. The van der Waals surface area contributed by atoms with Crippen LogP contribution in [0.15, 0.2) is 121 Å². The molecule has 0 radical (unpaired) electrons. The lowest BCUT2D eigenvalue weighted by molar-refractivity contribution is 1.08. The molecule has 3 aromatic heterocycles. The molecule has 4 heterocycles. The summed E-state index contributed by atoms with van der Waals surface area (Å²) in [6.45, 7) is 0. The number of thiazole rings is 1. The van der Waals surface area contributed by atoms with Crippen LogP contribution in [0.4, 0.5) is 17.1 Å². The minimum atomic E-state index is 0.908. The minimum absolute atomic E-state index is 0.908. The first kappa shape index (κ1) is 22.0. The SMILES string of the molecule is C1=Cc2ccc(-c3nccs3)cc2N(c2ccc3c4ccccc4n(-c4ccccn4)c3c2)c2ccccc21. The van der Waals surface area contributed by atoms with Gasteiger partial charge in [-0.2, -0.15) is 0 Å². The zero-order valence-corrected chi connectivity index (χ0v) is 21.7. The number of pyridine rings is 1. The predicted octanol–water partition coefficient (Wildman–Crippen LogP) is 9.26. The van der Waals surface area contributed by atoms with Gasteiger partial charge in [-0.25, -0.2) is 9.97 Å². The van der Waals surface area contributed by atoms with Gasteiger partial charge in [0, 0.05) is 39.8 Å². The van der Waals surface area contributed by atoms with Crippen molar-refractivity contribution in [2.45, 2.75) is 0 Å². The third-order valence-corrected chi connectivity index (χ3v) is 8.19. The highest BCUT2D eigenvalue weighted by atomic mass is 32.1. The van der Waals surface area contributed by atoms with E-state index < -0.39 is 0 Å². The molecule has 0 atom stereocenters. The summed E-state index contributed by atoms with van der Waals surface area (Å²) in [4.78, 5) is 11.7. The van der Waals surface area contributed by atoms with E-state index in [1.165, 1.54) is 16.3 Å².